The molecule has 150 valence electrons. The maximum atomic E-state index is 5.07. The van der Waals surface area contributed by atoms with Gasteiger partial charge in [0.15, 0.2) is 5.82 Å². The molecule has 1 saturated carbocycles. The molecule has 2 aliphatic heterocycles. The van der Waals surface area contributed by atoms with Crippen LogP contribution in [0, 0.1) is 12.3 Å². The van der Waals surface area contributed by atoms with Crippen LogP contribution in [0.2, 0.25) is 0 Å². The number of halogens is 2. The molecule has 1 aliphatic carbocycles. The molecule has 0 bridgehead atoms. The lowest BCUT2D eigenvalue weighted by molar-refractivity contribution is 0.0341. The second-order valence-electron chi connectivity index (χ2n) is 8.02. The molecular weight excluding hydrogens is 373 g/mol. The quantitative estimate of drug-likeness (QED) is 0.833. The van der Waals surface area contributed by atoms with Crippen molar-refractivity contribution in [3.8, 4) is 0 Å². The molecular formula is C18H33Cl2N5O. The summed E-state index contributed by atoms with van der Waals surface area (Å²) in [5, 5.41) is 7.54. The lowest BCUT2D eigenvalue weighted by Crippen LogP contribution is -2.52. The van der Waals surface area contributed by atoms with Crippen LogP contribution in [-0.4, -0.2) is 65.3 Å². The van der Waals surface area contributed by atoms with E-state index in [0.29, 0.717) is 11.3 Å². The van der Waals surface area contributed by atoms with E-state index in [0.717, 1.165) is 31.5 Å². The number of piperazine rings is 1. The van der Waals surface area contributed by atoms with E-state index in [-0.39, 0.29) is 24.8 Å². The number of piperidine rings is 1. The third-order valence-electron chi connectivity index (χ3n) is 6.54. The summed E-state index contributed by atoms with van der Waals surface area (Å²) in [4.78, 5) is 9.52. The Balaban J connectivity index is 0.00000121. The molecule has 1 aromatic heterocycles. The third kappa shape index (κ3) is 5.10. The number of nitrogens with one attached hydrogen (secondary N) is 1. The van der Waals surface area contributed by atoms with Gasteiger partial charge in [-0.05, 0) is 57.0 Å². The predicted molar refractivity (Wildman–Crippen MR) is 107 cm³/mol. The normalized spacial score (nSPS) is 24.8. The van der Waals surface area contributed by atoms with Gasteiger partial charge in [0.25, 0.3) is 0 Å². The smallest absolute Gasteiger partial charge is 0.223 e. The summed E-state index contributed by atoms with van der Waals surface area (Å²) in [6.45, 7) is 9.78. The van der Waals surface area contributed by atoms with Crippen LogP contribution >= 0.6 is 24.8 Å². The highest BCUT2D eigenvalue weighted by Crippen LogP contribution is 2.44. The van der Waals surface area contributed by atoms with Crippen molar-refractivity contribution in [2.75, 3.05) is 39.3 Å². The molecule has 3 fully saturated rings. The Labute approximate surface area is 169 Å². The van der Waals surface area contributed by atoms with Crippen LogP contribution < -0.4 is 5.32 Å². The monoisotopic (exact) mass is 405 g/mol. The van der Waals surface area contributed by atoms with Gasteiger partial charge in [0.1, 0.15) is 0 Å². The van der Waals surface area contributed by atoms with Gasteiger partial charge >= 0.3 is 0 Å². The summed E-state index contributed by atoms with van der Waals surface area (Å²) in [5.41, 5.74) is 0.681. The molecule has 3 aliphatic rings. The van der Waals surface area contributed by atoms with E-state index in [1.807, 2.05) is 6.92 Å². The van der Waals surface area contributed by atoms with Crippen molar-refractivity contribution >= 4 is 24.8 Å². The van der Waals surface area contributed by atoms with Crippen molar-refractivity contribution in [1.29, 1.82) is 0 Å². The van der Waals surface area contributed by atoms with Gasteiger partial charge in [0.2, 0.25) is 5.89 Å². The molecule has 0 unspecified atom stereocenters. The van der Waals surface area contributed by atoms with Crippen molar-refractivity contribution in [2.24, 2.45) is 5.41 Å². The van der Waals surface area contributed by atoms with Crippen LogP contribution in [0.1, 0.15) is 50.2 Å². The summed E-state index contributed by atoms with van der Waals surface area (Å²) in [5.74, 6) is 1.49. The Kier molecular flexibility index (Phi) is 8.16. The first-order valence-electron chi connectivity index (χ1n) is 9.69. The van der Waals surface area contributed by atoms with Crippen LogP contribution in [0.15, 0.2) is 4.52 Å². The predicted octanol–water partition coefficient (Wildman–Crippen LogP) is 2.65. The molecule has 0 aromatic carbocycles. The van der Waals surface area contributed by atoms with Crippen molar-refractivity contribution in [3.63, 3.8) is 0 Å². The van der Waals surface area contributed by atoms with Crippen molar-refractivity contribution < 1.29 is 4.52 Å². The van der Waals surface area contributed by atoms with E-state index in [2.05, 4.69) is 25.3 Å². The number of aromatic nitrogens is 2. The average molecular weight is 406 g/mol. The van der Waals surface area contributed by atoms with E-state index < -0.39 is 0 Å². The molecule has 3 heterocycles. The van der Waals surface area contributed by atoms with E-state index in [1.54, 1.807) is 0 Å². The molecule has 1 aromatic rings. The van der Waals surface area contributed by atoms with E-state index in [9.17, 15) is 0 Å². The summed E-state index contributed by atoms with van der Waals surface area (Å²) in [6, 6.07) is 0.820. The fourth-order valence-corrected chi connectivity index (χ4v) is 4.93. The largest absolute Gasteiger partial charge is 0.340 e. The maximum Gasteiger partial charge on any atom is 0.223 e. The lowest BCUT2D eigenvalue weighted by atomic mass is 9.67. The molecule has 1 N–H and O–H groups in total. The number of hydrogen-bond donors (Lipinski definition) is 1. The second kappa shape index (κ2) is 9.69. The van der Waals surface area contributed by atoms with Gasteiger partial charge in [0, 0.05) is 39.1 Å². The highest BCUT2D eigenvalue weighted by Gasteiger charge is 2.38. The number of rotatable bonds is 3. The molecule has 1 spiro atoms. The third-order valence-corrected chi connectivity index (χ3v) is 6.54. The minimum absolute atomic E-state index is 0. The topological polar surface area (TPSA) is 57.4 Å². The Morgan fingerprint density at radius 1 is 1.04 bits per heavy atom. The highest BCUT2D eigenvalue weighted by molar-refractivity contribution is 5.85. The molecule has 2 saturated heterocycles. The Morgan fingerprint density at radius 2 is 1.69 bits per heavy atom. The first kappa shape index (κ1) is 21.9. The zero-order valence-corrected chi connectivity index (χ0v) is 17.4. The maximum absolute atomic E-state index is 5.07. The summed E-state index contributed by atoms with van der Waals surface area (Å²) >= 11 is 0. The molecule has 0 radical (unpaired) electrons. The van der Waals surface area contributed by atoms with E-state index >= 15 is 0 Å². The fourth-order valence-electron chi connectivity index (χ4n) is 4.93. The first-order chi connectivity index (χ1) is 11.7. The minimum Gasteiger partial charge on any atom is -0.340 e. The molecule has 8 heteroatoms. The van der Waals surface area contributed by atoms with E-state index in [4.69, 9.17) is 4.52 Å². The Bertz CT molecular complexity index is 531. The number of nitrogens with zero attached hydrogens (tertiary/aromatic N) is 4. The Morgan fingerprint density at radius 3 is 2.27 bits per heavy atom. The lowest BCUT2D eigenvalue weighted by Gasteiger charge is -2.47. The minimum atomic E-state index is 0. The average Bonchev–Trinajstić information content (AvgIpc) is 3.02. The molecule has 0 atom stereocenters. The zero-order valence-electron chi connectivity index (χ0n) is 15.8. The fraction of sp³-hybridized carbons (Fsp3) is 0.889. The summed E-state index contributed by atoms with van der Waals surface area (Å²) in [6.07, 6.45) is 8.51. The molecule has 26 heavy (non-hydrogen) atoms. The standard InChI is InChI=1S/C18H31N5O.2ClH/c1-15-20-17(21-24-15)14-22-10-12-23(13-11-22)16-2-4-18(5-3-16)6-8-19-9-7-18;;/h16,19H,2-14H2,1H3;2*1H. The van der Waals surface area contributed by atoms with Crippen molar-refractivity contribution in [2.45, 2.75) is 58.0 Å². The SMILES string of the molecule is Cc1nc(CN2CCN(C3CCC4(CCNCC4)CC3)CC2)no1.Cl.Cl. The van der Waals surface area contributed by atoms with E-state index in [1.165, 1.54) is 64.7 Å². The summed E-state index contributed by atoms with van der Waals surface area (Å²) in [7, 11) is 0. The first-order valence-corrected chi connectivity index (χ1v) is 9.69. The van der Waals surface area contributed by atoms with Gasteiger partial charge in [-0.15, -0.1) is 24.8 Å². The Hall–Kier alpha value is -0.400. The van der Waals surface area contributed by atoms with Crippen LogP contribution in [-0.2, 0) is 6.54 Å². The number of hydrogen-bond acceptors (Lipinski definition) is 6. The molecule has 4 rings (SSSR count). The molecule has 6 nitrogen and oxygen atoms in total. The number of aryl methyl sites for hydroxylation is 1. The second-order valence-corrected chi connectivity index (χ2v) is 8.02. The zero-order chi connectivity index (χ0) is 16.4. The van der Waals surface area contributed by atoms with Crippen LogP contribution in [0.25, 0.3) is 0 Å². The van der Waals surface area contributed by atoms with Crippen LogP contribution in [0.5, 0.6) is 0 Å². The van der Waals surface area contributed by atoms with Gasteiger partial charge < -0.3 is 9.84 Å². The van der Waals surface area contributed by atoms with Gasteiger partial charge in [-0.1, -0.05) is 5.16 Å². The van der Waals surface area contributed by atoms with Gasteiger partial charge in [-0.3, -0.25) is 9.80 Å². The highest BCUT2D eigenvalue weighted by atomic mass is 35.5. The van der Waals surface area contributed by atoms with Crippen LogP contribution in [0.4, 0.5) is 0 Å². The van der Waals surface area contributed by atoms with Gasteiger partial charge in [-0.25, -0.2) is 0 Å². The van der Waals surface area contributed by atoms with Gasteiger partial charge in [-0.2, -0.15) is 4.98 Å². The summed E-state index contributed by atoms with van der Waals surface area (Å²) < 4.78 is 5.07. The van der Waals surface area contributed by atoms with Gasteiger partial charge in [0.05, 0.1) is 6.54 Å². The van der Waals surface area contributed by atoms with Crippen molar-refractivity contribution in [1.82, 2.24) is 25.3 Å². The van der Waals surface area contributed by atoms with Crippen molar-refractivity contribution in [3.05, 3.63) is 11.7 Å². The molecule has 0 amide bonds. The van der Waals surface area contributed by atoms with Crippen LogP contribution in [0.3, 0.4) is 0 Å².